The molecule has 0 bridgehead atoms. The highest BCUT2D eigenvalue weighted by molar-refractivity contribution is 5.26. The van der Waals surface area contributed by atoms with Gasteiger partial charge in [-0.15, -0.1) is 0 Å². The standard InChI is InChI=1S/C9H15N4/c1-3-5-13(6-4-2)9-11-7-10-8-12-9/h7H,3-6H2,1-2H3. The van der Waals surface area contributed by atoms with Gasteiger partial charge in [0, 0.05) is 13.1 Å². The van der Waals surface area contributed by atoms with E-state index in [2.05, 4.69) is 40.0 Å². The van der Waals surface area contributed by atoms with Gasteiger partial charge in [-0.3, -0.25) is 0 Å². The van der Waals surface area contributed by atoms with Crippen molar-refractivity contribution in [1.29, 1.82) is 0 Å². The van der Waals surface area contributed by atoms with Crippen LogP contribution >= 0.6 is 0 Å². The summed E-state index contributed by atoms with van der Waals surface area (Å²) < 4.78 is 0. The lowest BCUT2D eigenvalue weighted by Crippen LogP contribution is -2.26. The van der Waals surface area contributed by atoms with Crippen molar-refractivity contribution in [3.63, 3.8) is 0 Å². The van der Waals surface area contributed by atoms with Gasteiger partial charge in [0.1, 0.15) is 6.33 Å². The van der Waals surface area contributed by atoms with E-state index in [0.717, 1.165) is 31.9 Å². The van der Waals surface area contributed by atoms with E-state index in [9.17, 15) is 0 Å². The Bertz CT molecular complexity index is 218. The summed E-state index contributed by atoms with van der Waals surface area (Å²) in [6.45, 7) is 6.28. The molecule has 0 saturated carbocycles. The fourth-order valence-corrected chi connectivity index (χ4v) is 1.21. The molecule has 0 atom stereocenters. The number of aromatic nitrogens is 3. The van der Waals surface area contributed by atoms with Crippen LogP contribution in [0.15, 0.2) is 6.33 Å². The lowest BCUT2D eigenvalue weighted by molar-refractivity contribution is 0.716. The number of nitrogens with zero attached hydrogens (tertiary/aromatic N) is 4. The molecule has 0 fully saturated rings. The maximum absolute atomic E-state index is 4.09. The molecule has 0 saturated heterocycles. The van der Waals surface area contributed by atoms with Gasteiger partial charge in [0.2, 0.25) is 12.3 Å². The highest BCUT2D eigenvalue weighted by Gasteiger charge is 2.05. The number of hydrogen-bond donors (Lipinski definition) is 0. The number of hydrogen-bond acceptors (Lipinski definition) is 4. The van der Waals surface area contributed by atoms with Gasteiger partial charge in [-0.2, -0.15) is 4.98 Å². The maximum Gasteiger partial charge on any atom is 0.228 e. The van der Waals surface area contributed by atoms with Crippen LogP contribution in [0, 0.1) is 6.33 Å². The molecule has 0 N–H and O–H groups in total. The van der Waals surface area contributed by atoms with E-state index in [0.29, 0.717) is 0 Å². The lowest BCUT2D eigenvalue weighted by atomic mass is 10.4. The minimum atomic E-state index is 0.735. The second-order valence-electron chi connectivity index (χ2n) is 2.87. The maximum atomic E-state index is 4.09. The first-order chi connectivity index (χ1) is 6.38. The van der Waals surface area contributed by atoms with Gasteiger partial charge in [-0.05, 0) is 12.8 Å². The Morgan fingerprint density at radius 3 is 2.46 bits per heavy atom. The van der Waals surface area contributed by atoms with Crippen LogP contribution < -0.4 is 4.90 Å². The summed E-state index contributed by atoms with van der Waals surface area (Å²) in [5, 5.41) is 0. The molecule has 1 aromatic heterocycles. The summed E-state index contributed by atoms with van der Waals surface area (Å²) in [7, 11) is 0. The van der Waals surface area contributed by atoms with Crippen LogP contribution in [0.4, 0.5) is 5.95 Å². The number of rotatable bonds is 5. The lowest BCUT2D eigenvalue weighted by Gasteiger charge is -2.20. The van der Waals surface area contributed by atoms with Crippen molar-refractivity contribution in [2.45, 2.75) is 26.7 Å². The van der Waals surface area contributed by atoms with Crippen molar-refractivity contribution < 1.29 is 0 Å². The van der Waals surface area contributed by atoms with E-state index in [1.54, 1.807) is 0 Å². The van der Waals surface area contributed by atoms with Crippen molar-refractivity contribution in [3.8, 4) is 0 Å². The average Bonchev–Trinajstić information content (AvgIpc) is 2.19. The monoisotopic (exact) mass is 179 g/mol. The van der Waals surface area contributed by atoms with Crippen LogP contribution in [0.3, 0.4) is 0 Å². The van der Waals surface area contributed by atoms with Crippen LogP contribution in [-0.2, 0) is 0 Å². The molecule has 0 aliphatic heterocycles. The quantitative estimate of drug-likeness (QED) is 0.683. The zero-order valence-electron chi connectivity index (χ0n) is 8.19. The summed E-state index contributed by atoms with van der Waals surface area (Å²) in [5.74, 6) is 0.735. The Balaban J connectivity index is 2.64. The first-order valence-corrected chi connectivity index (χ1v) is 4.68. The third kappa shape index (κ3) is 2.97. The second-order valence-corrected chi connectivity index (χ2v) is 2.87. The van der Waals surface area contributed by atoms with Crippen LogP contribution in [0.25, 0.3) is 0 Å². The van der Waals surface area contributed by atoms with Gasteiger partial charge in [0.05, 0.1) is 0 Å². The largest absolute Gasteiger partial charge is 0.341 e. The molecule has 0 aliphatic rings. The molecule has 4 heteroatoms. The molecule has 13 heavy (non-hydrogen) atoms. The van der Waals surface area contributed by atoms with Gasteiger partial charge in [-0.1, -0.05) is 13.8 Å². The Kier molecular flexibility index (Phi) is 4.15. The van der Waals surface area contributed by atoms with Crippen LogP contribution in [0.2, 0.25) is 0 Å². The van der Waals surface area contributed by atoms with Crippen molar-refractivity contribution in [2.75, 3.05) is 18.0 Å². The minimum Gasteiger partial charge on any atom is -0.341 e. The predicted molar refractivity (Wildman–Crippen MR) is 51.5 cm³/mol. The molecular weight excluding hydrogens is 164 g/mol. The van der Waals surface area contributed by atoms with E-state index in [1.165, 1.54) is 6.33 Å². The van der Waals surface area contributed by atoms with Crippen LogP contribution in [0.1, 0.15) is 26.7 Å². The highest BCUT2D eigenvalue weighted by Crippen LogP contribution is 2.05. The molecule has 1 aromatic rings. The normalized spacial score (nSPS) is 10.0. The molecule has 1 heterocycles. The molecular formula is C9H15N4. The van der Waals surface area contributed by atoms with E-state index >= 15 is 0 Å². The van der Waals surface area contributed by atoms with Gasteiger partial charge in [-0.25, -0.2) is 9.97 Å². The Hall–Kier alpha value is -1.19. The van der Waals surface area contributed by atoms with Crippen LogP contribution in [0.5, 0.6) is 0 Å². The molecule has 0 unspecified atom stereocenters. The van der Waals surface area contributed by atoms with Gasteiger partial charge in [0.25, 0.3) is 0 Å². The van der Waals surface area contributed by atoms with E-state index in [1.807, 2.05) is 0 Å². The highest BCUT2D eigenvalue weighted by atomic mass is 15.3. The molecule has 71 valence electrons. The second kappa shape index (κ2) is 5.45. The molecule has 4 nitrogen and oxygen atoms in total. The molecule has 1 radical (unpaired) electrons. The zero-order valence-corrected chi connectivity index (χ0v) is 8.19. The first kappa shape index (κ1) is 9.89. The average molecular weight is 179 g/mol. The molecule has 0 amide bonds. The van der Waals surface area contributed by atoms with Crippen molar-refractivity contribution in [2.24, 2.45) is 0 Å². The molecule has 1 rings (SSSR count). The first-order valence-electron chi connectivity index (χ1n) is 4.68. The Labute approximate surface area is 79.0 Å². The van der Waals surface area contributed by atoms with Gasteiger partial charge >= 0.3 is 0 Å². The summed E-state index contributed by atoms with van der Waals surface area (Å²) in [6.07, 6.45) is 6.25. The van der Waals surface area contributed by atoms with Crippen molar-refractivity contribution in [1.82, 2.24) is 15.0 Å². The third-order valence-electron chi connectivity index (χ3n) is 1.71. The van der Waals surface area contributed by atoms with Crippen LogP contribution in [-0.4, -0.2) is 28.0 Å². The summed E-state index contributed by atoms with van der Waals surface area (Å²) >= 11 is 0. The SMILES string of the molecule is CCCN(CCC)c1n[c]ncn1. The van der Waals surface area contributed by atoms with E-state index < -0.39 is 0 Å². The topological polar surface area (TPSA) is 41.9 Å². The van der Waals surface area contributed by atoms with E-state index in [-0.39, 0.29) is 0 Å². The third-order valence-corrected chi connectivity index (χ3v) is 1.71. The Morgan fingerprint density at radius 2 is 2.00 bits per heavy atom. The summed E-state index contributed by atoms with van der Waals surface area (Å²) in [4.78, 5) is 13.9. The number of anilines is 1. The smallest absolute Gasteiger partial charge is 0.228 e. The molecule has 0 spiro atoms. The van der Waals surface area contributed by atoms with Crippen molar-refractivity contribution >= 4 is 5.95 Å². The Morgan fingerprint density at radius 1 is 1.31 bits per heavy atom. The molecule has 0 aromatic carbocycles. The predicted octanol–water partition coefficient (Wildman–Crippen LogP) is 1.30. The molecule has 0 aliphatic carbocycles. The van der Waals surface area contributed by atoms with E-state index in [4.69, 9.17) is 0 Å². The fourth-order valence-electron chi connectivity index (χ4n) is 1.21. The summed E-state index contributed by atoms with van der Waals surface area (Å²) in [5.41, 5.74) is 0. The van der Waals surface area contributed by atoms with Crippen molar-refractivity contribution in [3.05, 3.63) is 12.7 Å². The van der Waals surface area contributed by atoms with Gasteiger partial charge < -0.3 is 4.90 Å². The van der Waals surface area contributed by atoms with Gasteiger partial charge in [0.15, 0.2) is 0 Å². The minimum absolute atomic E-state index is 0.735. The zero-order chi connectivity index (χ0) is 9.52. The fraction of sp³-hybridized carbons (Fsp3) is 0.667. The summed E-state index contributed by atoms with van der Waals surface area (Å²) in [6, 6.07) is 0.